The van der Waals surface area contributed by atoms with Gasteiger partial charge in [-0.2, -0.15) is 13.2 Å². The molecule has 1 aromatic carbocycles. The average Bonchev–Trinajstić information content (AvgIpc) is 2.38. The van der Waals surface area contributed by atoms with E-state index in [1.807, 2.05) is 0 Å². The van der Waals surface area contributed by atoms with Gasteiger partial charge in [-0.3, -0.25) is 4.79 Å². The van der Waals surface area contributed by atoms with Crippen molar-refractivity contribution in [1.82, 2.24) is 5.32 Å². The van der Waals surface area contributed by atoms with E-state index < -0.39 is 23.2 Å². The van der Waals surface area contributed by atoms with Gasteiger partial charge in [-0.25, -0.2) is 0 Å². The Labute approximate surface area is 110 Å². The highest BCUT2D eigenvalue weighted by atomic mass is 19.4. The van der Waals surface area contributed by atoms with Crippen LogP contribution >= 0.6 is 0 Å². The lowest BCUT2D eigenvalue weighted by atomic mass is 10.1. The Kier molecular flexibility index (Phi) is 7.52. The number of halogens is 3. The topological polar surface area (TPSA) is 55.1 Å². The Morgan fingerprint density at radius 2 is 1.95 bits per heavy atom. The summed E-state index contributed by atoms with van der Waals surface area (Å²) in [6, 6.07) is 4.57. The third-order valence-electron chi connectivity index (χ3n) is 2.00. The van der Waals surface area contributed by atoms with Crippen molar-refractivity contribution in [2.24, 2.45) is 5.73 Å². The van der Waals surface area contributed by atoms with E-state index in [4.69, 9.17) is 5.73 Å². The van der Waals surface area contributed by atoms with E-state index in [1.165, 1.54) is 12.1 Å². The zero-order valence-electron chi connectivity index (χ0n) is 10.6. The molecule has 0 aliphatic carbocycles. The zero-order chi connectivity index (χ0) is 14.9. The van der Waals surface area contributed by atoms with Crippen molar-refractivity contribution in [2.75, 3.05) is 6.54 Å². The highest BCUT2D eigenvalue weighted by Gasteiger charge is 2.34. The van der Waals surface area contributed by atoms with E-state index in [-0.39, 0.29) is 0 Å². The maximum Gasteiger partial charge on any atom is 0.417 e. The van der Waals surface area contributed by atoms with Crippen LogP contribution in [0.2, 0.25) is 0 Å². The van der Waals surface area contributed by atoms with Crippen molar-refractivity contribution < 1.29 is 18.0 Å². The minimum absolute atomic E-state index is 0.412. The predicted octanol–water partition coefficient (Wildman–Crippen LogP) is 2.93. The number of nitrogens with one attached hydrogen (secondary N) is 1. The molecule has 0 aliphatic heterocycles. The molecule has 0 heterocycles. The minimum atomic E-state index is -4.53. The Morgan fingerprint density at radius 3 is 2.37 bits per heavy atom. The maximum absolute atomic E-state index is 12.4. The Bertz CT molecular complexity index is 415. The summed E-state index contributed by atoms with van der Waals surface area (Å²) in [5.41, 5.74) is 3.66. The molecule has 0 aliphatic rings. The number of carbonyl (C=O) groups excluding carboxylic acids is 1. The Balaban J connectivity index is 0.000000711. The average molecular weight is 274 g/mol. The molecular formula is C13H17F3N2O. The highest BCUT2D eigenvalue weighted by molar-refractivity contribution is 5.96. The van der Waals surface area contributed by atoms with Gasteiger partial charge in [-0.05, 0) is 31.3 Å². The second-order valence-electron chi connectivity index (χ2n) is 3.51. The van der Waals surface area contributed by atoms with E-state index in [0.29, 0.717) is 0 Å². The normalized spacial score (nSPS) is 10.2. The van der Waals surface area contributed by atoms with E-state index in [0.717, 1.165) is 31.3 Å². The number of nitrogens with two attached hydrogens (primary N) is 1. The summed E-state index contributed by atoms with van der Waals surface area (Å²) in [5.74, 6) is -0.821. The van der Waals surface area contributed by atoms with Crippen molar-refractivity contribution in [3.8, 4) is 0 Å². The van der Waals surface area contributed by atoms with E-state index >= 15 is 0 Å². The molecule has 0 fully saturated rings. The predicted molar refractivity (Wildman–Crippen MR) is 68.5 cm³/mol. The van der Waals surface area contributed by atoms with Crippen molar-refractivity contribution in [1.29, 1.82) is 0 Å². The second-order valence-corrected chi connectivity index (χ2v) is 3.51. The molecule has 0 unspecified atom stereocenters. The molecule has 0 spiro atoms. The van der Waals surface area contributed by atoms with Crippen LogP contribution < -0.4 is 11.1 Å². The smallest absolute Gasteiger partial charge is 0.330 e. The molecule has 0 saturated carbocycles. The van der Waals surface area contributed by atoms with Gasteiger partial charge < -0.3 is 11.1 Å². The molecule has 0 bridgehead atoms. The number of hydrogen-bond donors (Lipinski definition) is 2. The van der Waals surface area contributed by atoms with E-state index in [2.05, 4.69) is 18.8 Å². The summed E-state index contributed by atoms with van der Waals surface area (Å²) in [6.45, 7) is 6.08. The van der Waals surface area contributed by atoms with Gasteiger partial charge in [-0.1, -0.05) is 25.6 Å². The van der Waals surface area contributed by atoms with E-state index in [9.17, 15) is 18.0 Å². The van der Waals surface area contributed by atoms with Crippen molar-refractivity contribution in [3.63, 3.8) is 0 Å². The molecule has 19 heavy (non-hydrogen) atoms. The lowest BCUT2D eigenvalue weighted by Gasteiger charge is -2.10. The molecule has 0 saturated heterocycles. The molecular weight excluding hydrogens is 257 g/mol. The molecule has 1 amide bonds. The monoisotopic (exact) mass is 274 g/mol. The standard InChI is InChI=1S/C10H8F3NO.C3H9N/c1-2-14-9(15)7-5-3-4-6-8(7)10(11,12)13;1-2-3-4/h2-6H,1H2,(H,14,15);2-4H2,1H3. The third-order valence-corrected chi connectivity index (χ3v) is 2.00. The molecule has 6 heteroatoms. The maximum atomic E-state index is 12.4. The molecule has 0 radical (unpaired) electrons. The van der Waals surface area contributed by atoms with Gasteiger partial charge in [0, 0.05) is 0 Å². The number of amides is 1. The van der Waals surface area contributed by atoms with Crippen LogP contribution in [-0.2, 0) is 6.18 Å². The second kappa shape index (κ2) is 8.31. The van der Waals surface area contributed by atoms with Crippen LogP contribution in [-0.4, -0.2) is 12.5 Å². The number of alkyl halides is 3. The van der Waals surface area contributed by atoms with Crippen LogP contribution in [0.3, 0.4) is 0 Å². The first kappa shape index (κ1) is 17.2. The Morgan fingerprint density at radius 1 is 1.42 bits per heavy atom. The lowest BCUT2D eigenvalue weighted by Crippen LogP contribution is -2.21. The van der Waals surface area contributed by atoms with Gasteiger partial charge >= 0.3 is 6.18 Å². The van der Waals surface area contributed by atoms with Crippen LogP contribution in [0.15, 0.2) is 37.0 Å². The van der Waals surface area contributed by atoms with Gasteiger partial charge in [0.1, 0.15) is 0 Å². The SMILES string of the molecule is C=CNC(=O)c1ccccc1C(F)(F)F.CCCN. The van der Waals surface area contributed by atoms with Crippen LogP contribution in [0.1, 0.15) is 29.3 Å². The summed E-state index contributed by atoms with van der Waals surface area (Å²) in [7, 11) is 0. The molecule has 0 atom stereocenters. The van der Waals surface area contributed by atoms with E-state index in [1.54, 1.807) is 0 Å². The molecule has 1 aromatic rings. The summed E-state index contributed by atoms with van der Waals surface area (Å²) >= 11 is 0. The minimum Gasteiger partial charge on any atom is -0.330 e. The molecule has 1 rings (SSSR count). The van der Waals surface area contributed by atoms with Gasteiger partial charge in [0.25, 0.3) is 5.91 Å². The number of rotatable bonds is 3. The summed E-state index contributed by atoms with van der Waals surface area (Å²) in [5, 5.41) is 2.10. The highest BCUT2D eigenvalue weighted by Crippen LogP contribution is 2.31. The summed E-state index contributed by atoms with van der Waals surface area (Å²) in [6.07, 6.45) is -2.40. The van der Waals surface area contributed by atoms with Crippen LogP contribution in [0.25, 0.3) is 0 Å². The fourth-order valence-electron chi connectivity index (χ4n) is 1.10. The van der Waals surface area contributed by atoms with Crippen molar-refractivity contribution >= 4 is 5.91 Å². The quantitative estimate of drug-likeness (QED) is 0.890. The first-order valence-electron chi connectivity index (χ1n) is 5.66. The lowest BCUT2D eigenvalue weighted by molar-refractivity contribution is -0.137. The largest absolute Gasteiger partial charge is 0.417 e. The number of hydrogen-bond acceptors (Lipinski definition) is 2. The number of carbonyl (C=O) groups is 1. The van der Waals surface area contributed by atoms with Crippen LogP contribution in [0.5, 0.6) is 0 Å². The van der Waals surface area contributed by atoms with Crippen LogP contribution in [0, 0.1) is 0 Å². The summed E-state index contributed by atoms with van der Waals surface area (Å²) in [4.78, 5) is 11.2. The van der Waals surface area contributed by atoms with Gasteiger partial charge in [0.2, 0.25) is 0 Å². The van der Waals surface area contributed by atoms with Crippen LogP contribution in [0.4, 0.5) is 13.2 Å². The molecule has 3 N–H and O–H groups in total. The van der Waals surface area contributed by atoms with Crippen molar-refractivity contribution in [2.45, 2.75) is 19.5 Å². The van der Waals surface area contributed by atoms with Crippen molar-refractivity contribution in [3.05, 3.63) is 48.2 Å². The van der Waals surface area contributed by atoms with Gasteiger partial charge in [0.15, 0.2) is 0 Å². The fourth-order valence-corrected chi connectivity index (χ4v) is 1.10. The van der Waals surface area contributed by atoms with Gasteiger partial charge in [0.05, 0.1) is 11.1 Å². The first-order chi connectivity index (χ1) is 8.88. The third kappa shape index (κ3) is 6.05. The number of benzene rings is 1. The zero-order valence-corrected chi connectivity index (χ0v) is 10.6. The fraction of sp³-hybridized carbons (Fsp3) is 0.308. The van der Waals surface area contributed by atoms with Gasteiger partial charge in [-0.15, -0.1) is 0 Å². The molecule has 106 valence electrons. The summed E-state index contributed by atoms with van der Waals surface area (Å²) < 4.78 is 37.3. The molecule has 3 nitrogen and oxygen atoms in total. The Hall–Kier alpha value is -1.82. The first-order valence-corrected chi connectivity index (χ1v) is 5.66. The molecule has 0 aromatic heterocycles.